The molecule has 3 aliphatic carbocycles. The van der Waals surface area contributed by atoms with Crippen LogP contribution in [-0.4, -0.2) is 14.5 Å². The zero-order valence-electron chi connectivity index (χ0n) is 13.2. The molecule has 5 heteroatoms. The van der Waals surface area contributed by atoms with Gasteiger partial charge in [0.2, 0.25) is 0 Å². The van der Waals surface area contributed by atoms with Crippen LogP contribution >= 0.6 is 0 Å². The number of nitriles is 1. The molecule has 3 aliphatic rings. The summed E-state index contributed by atoms with van der Waals surface area (Å²) in [7, 11) is -3.82. The summed E-state index contributed by atoms with van der Waals surface area (Å²) in [5.41, 5.74) is 0.405. The minimum atomic E-state index is -3.82. The van der Waals surface area contributed by atoms with Crippen molar-refractivity contribution in [3.63, 3.8) is 0 Å². The highest BCUT2D eigenvalue weighted by molar-refractivity contribution is 7.86. The number of hydrogen-bond acceptors (Lipinski definition) is 4. The van der Waals surface area contributed by atoms with Crippen molar-refractivity contribution in [1.29, 1.82) is 5.26 Å². The molecular weight excluding hydrogens is 312 g/mol. The Hall–Kier alpha value is -1.38. The average molecular weight is 333 g/mol. The lowest BCUT2D eigenvalue weighted by Gasteiger charge is -2.43. The third kappa shape index (κ3) is 2.31. The Labute approximate surface area is 137 Å². The van der Waals surface area contributed by atoms with E-state index in [4.69, 9.17) is 4.18 Å². The fourth-order valence-corrected chi connectivity index (χ4v) is 6.28. The molecule has 0 amide bonds. The zero-order valence-corrected chi connectivity index (χ0v) is 14.1. The van der Waals surface area contributed by atoms with E-state index >= 15 is 0 Å². The van der Waals surface area contributed by atoms with E-state index in [1.54, 1.807) is 24.3 Å². The molecule has 3 fully saturated rings. The topological polar surface area (TPSA) is 67.2 Å². The van der Waals surface area contributed by atoms with Crippen LogP contribution < -0.4 is 0 Å². The average Bonchev–Trinajstić information content (AvgIpc) is 2.71. The van der Waals surface area contributed by atoms with Gasteiger partial charge in [0.25, 0.3) is 10.1 Å². The van der Waals surface area contributed by atoms with Crippen molar-refractivity contribution < 1.29 is 12.6 Å². The Morgan fingerprint density at radius 2 is 1.83 bits per heavy atom. The highest BCUT2D eigenvalue weighted by atomic mass is 32.2. The highest BCUT2D eigenvalue weighted by Crippen LogP contribution is 2.62. The van der Waals surface area contributed by atoms with Gasteiger partial charge in [0.05, 0.1) is 22.5 Å². The Balaban J connectivity index is 1.66. The molecule has 1 aromatic rings. The maximum absolute atomic E-state index is 12.6. The first-order valence-corrected chi connectivity index (χ1v) is 9.75. The number of hydrogen-bond donors (Lipinski definition) is 0. The molecule has 122 valence electrons. The van der Waals surface area contributed by atoms with Gasteiger partial charge in [0, 0.05) is 0 Å². The Kier molecular flexibility index (Phi) is 3.33. The van der Waals surface area contributed by atoms with Crippen LogP contribution in [0.5, 0.6) is 0 Å². The number of benzene rings is 1. The van der Waals surface area contributed by atoms with E-state index in [0.717, 1.165) is 31.2 Å². The predicted molar refractivity (Wildman–Crippen MR) is 84.8 cm³/mol. The largest absolute Gasteiger partial charge is 0.297 e. The molecule has 0 radical (unpaired) electrons. The molecule has 3 bridgehead atoms. The first-order valence-electron chi connectivity index (χ1n) is 8.34. The van der Waals surface area contributed by atoms with Crippen LogP contribution in [0.15, 0.2) is 29.2 Å². The van der Waals surface area contributed by atoms with E-state index in [1.165, 1.54) is 0 Å². The zero-order chi connectivity index (χ0) is 16.2. The standard InChI is InChI=1S/C18H21NO3S/c1-12-2-4-16(5-3-12)23(20,21)22-17-9-13-6-14-8-15(7-13)18(17,10-14)11-19/h2-5,13-15,17H,6-10H2,1H3/t13-,14+,15-,17-,18-/m1/s1/i22+2. The van der Waals surface area contributed by atoms with Crippen molar-refractivity contribution in [1.82, 2.24) is 0 Å². The summed E-state index contributed by atoms with van der Waals surface area (Å²) in [4.78, 5) is 0.184. The lowest BCUT2D eigenvalue weighted by Crippen LogP contribution is -2.45. The van der Waals surface area contributed by atoms with Crippen LogP contribution in [-0.2, 0) is 14.3 Å². The van der Waals surface area contributed by atoms with Gasteiger partial charge in [-0.15, -0.1) is 0 Å². The van der Waals surface area contributed by atoms with Gasteiger partial charge in [0.1, 0.15) is 0 Å². The van der Waals surface area contributed by atoms with Gasteiger partial charge in [-0.25, -0.2) is 0 Å². The quantitative estimate of drug-likeness (QED) is 0.628. The Morgan fingerprint density at radius 1 is 1.13 bits per heavy atom. The highest BCUT2D eigenvalue weighted by Gasteiger charge is 2.61. The van der Waals surface area contributed by atoms with Crippen LogP contribution in [0.3, 0.4) is 0 Å². The van der Waals surface area contributed by atoms with E-state index in [9.17, 15) is 13.7 Å². The van der Waals surface area contributed by atoms with Crippen LogP contribution in [0, 0.1) is 41.4 Å². The van der Waals surface area contributed by atoms with Gasteiger partial charge in [0.15, 0.2) is 0 Å². The molecule has 0 aromatic heterocycles. The lowest BCUT2D eigenvalue weighted by atomic mass is 9.64. The molecule has 4 nitrogen and oxygen atoms in total. The fourth-order valence-electron chi connectivity index (χ4n) is 5.14. The fraction of sp³-hybridized carbons (Fsp3) is 0.611. The van der Waals surface area contributed by atoms with Crippen molar-refractivity contribution in [2.24, 2.45) is 23.2 Å². The molecule has 0 N–H and O–H groups in total. The molecule has 0 spiro atoms. The molecule has 0 heterocycles. The molecular formula is C18H21NO3S. The van der Waals surface area contributed by atoms with Crippen molar-refractivity contribution in [3.05, 3.63) is 29.8 Å². The number of rotatable bonds is 3. The van der Waals surface area contributed by atoms with Crippen molar-refractivity contribution in [2.45, 2.75) is 50.0 Å². The molecule has 4 rings (SSSR count). The summed E-state index contributed by atoms with van der Waals surface area (Å²) in [6.07, 6.45) is 4.27. The molecule has 0 aliphatic heterocycles. The van der Waals surface area contributed by atoms with Gasteiger partial charge in [-0.05, 0) is 68.9 Å². The van der Waals surface area contributed by atoms with Gasteiger partial charge < -0.3 is 0 Å². The molecule has 0 saturated heterocycles. The second kappa shape index (κ2) is 5.06. The summed E-state index contributed by atoms with van der Waals surface area (Å²) >= 11 is 0. The molecule has 0 unspecified atom stereocenters. The number of aryl methyl sites for hydroxylation is 1. The summed E-state index contributed by atoms with van der Waals surface area (Å²) in [5.74, 6) is 1.40. The van der Waals surface area contributed by atoms with Crippen molar-refractivity contribution >= 4 is 10.1 Å². The van der Waals surface area contributed by atoms with Crippen LogP contribution in [0.25, 0.3) is 0 Å². The van der Waals surface area contributed by atoms with Crippen LogP contribution in [0.4, 0.5) is 0 Å². The summed E-state index contributed by atoms with van der Waals surface area (Å²) in [6, 6.07) is 9.18. The van der Waals surface area contributed by atoms with Gasteiger partial charge in [-0.2, -0.15) is 13.7 Å². The van der Waals surface area contributed by atoms with E-state index in [0.29, 0.717) is 24.2 Å². The maximum Gasteiger partial charge on any atom is 0.297 e. The second-order valence-corrected chi connectivity index (χ2v) is 9.15. The van der Waals surface area contributed by atoms with Gasteiger partial charge in [-0.1, -0.05) is 17.7 Å². The van der Waals surface area contributed by atoms with Crippen molar-refractivity contribution in [2.75, 3.05) is 0 Å². The number of fused-ring (bicyclic) bond motifs is 2. The maximum atomic E-state index is 12.6. The third-order valence-corrected chi connectivity index (χ3v) is 7.48. The number of nitrogens with zero attached hydrogens (tertiary/aromatic N) is 1. The summed E-state index contributed by atoms with van der Waals surface area (Å²) in [5, 5.41) is 9.84. The Morgan fingerprint density at radius 3 is 2.52 bits per heavy atom. The summed E-state index contributed by atoms with van der Waals surface area (Å²) < 4.78 is 31.0. The van der Waals surface area contributed by atoms with Gasteiger partial charge >= 0.3 is 0 Å². The first-order chi connectivity index (χ1) is 10.9. The monoisotopic (exact) mass is 333 g/mol. The Bertz CT molecular complexity index is 764. The van der Waals surface area contributed by atoms with E-state index < -0.39 is 21.6 Å². The van der Waals surface area contributed by atoms with Crippen LogP contribution in [0.1, 0.15) is 37.7 Å². The van der Waals surface area contributed by atoms with Gasteiger partial charge in [-0.3, -0.25) is 4.18 Å². The minimum absolute atomic E-state index is 0.184. The molecule has 3 saturated carbocycles. The molecule has 5 atom stereocenters. The second-order valence-electron chi connectivity index (χ2n) is 7.58. The van der Waals surface area contributed by atoms with E-state index in [1.807, 2.05) is 6.92 Å². The molecule has 23 heavy (non-hydrogen) atoms. The van der Waals surface area contributed by atoms with Crippen molar-refractivity contribution in [3.8, 4) is 6.07 Å². The molecule has 1 aromatic carbocycles. The minimum Gasteiger partial charge on any atom is -0.261 e. The van der Waals surface area contributed by atoms with E-state index in [-0.39, 0.29) is 4.90 Å². The normalized spacial score (nSPS) is 38.4. The third-order valence-electron chi connectivity index (χ3n) is 6.14. The predicted octanol–water partition coefficient (Wildman–Crippen LogP) is 3.42. The SMILES string of the molecule is Cc1ccc(S(=O)(=O)[18O][C@@H]2C[C@@H]3C[C@H]4C[C@@H](C3)[C@]2(C#N)C4)cc1. The first kappa shape index (κ1) is 15.2. The van der Waals surface area contributed by atoms with Crippen LogP contribution in [0.2, 0.25) is 0 Å². The smallest absolute Gasteiger partial charge is 0.261 e. The lowest BCUT2D eigenvalue weighted by molar-refractivity contribution is 0.00105. The summed E-state index contributed by atoms with van der Waals surface area (Å²) in [6.45, 7) is 1.92. The van der Waals surface area contributed by atoms with E-state index in [2.05, 4.69) is 6.07 Å².